The minimum Gasteiger partial charge on any atom is -0.479 e. The van der Waals surface area contributed by atoms with E-state index >= 15 is 0 Å². The minimum absolute atomic E-state index is 0.361. The van der Waals surface area contributed by atoms with Gasteiger partial charge in [0.15, 0.2) is 0 Å². The van der Waals surface area contributed by atoms with E-state index in [-0.39, 0.29) is 0 Å². The summed E-state index contributed by atoms with van der Waals surface area (Å²) in [6.45, 7) is 2.17. The zero-order valence-electron chi connectivity index (χ0n) is 14.6. The Kier molecular flexibility index (Phi) is 3.31. The summed E-state index contributed by atoms with van der Waals surface area (Å²) in [5.74, 6) is 2.50. The number of ether oxygens (including phenoxy) is 1. The number of hydrogen-bond acceptors (Lipinski definition) is 6. The lowest BCUT2D eigenvalue weighted by Gasteiger charge is -2.14. The Morgan fingerprint density at radius 1 is 1.27 bits per heavy atom. The third-order valence-electron chi connectivity index (χ3n) is 4.91. The van der Waals surface area contributed by atoms with Crippen LogP contribution in [0.3, 0.4) is 0 Å². The standard InChI is InChI=1S/C18H19N7O/c1-11(12-3-4-12)21-17-22-16(26-2)15-14(5-7-25(15)23-17)13-9-20-18-19-6-8-24(18)10-13/h5-12H,3-4H2,1-2H3,(H,21,23)/t11-/m1/s1. The summed E-state index contributed by atoms with van der Waals surface area (Å²) < 4.78 is 9.26. The molecule has 0 bridgehead atoms. The number of anilines is 1. The van der Waals surface area contributed by atoms with Crippen LogP contribution in [0.15, 0.2) is 37.1 Å². The summed E-state index contributed by atoms with van der Waals surface area (Å²) in [4.78, 5) is 13.2. The molecule has 132 valence electrons. The van der Waals surface area contributed by atoms with E-state index in [0.717, 1.165) is 16.6 Å². The highest BCUT2D eigenvalue weighted by Crippen LogP contribution is 2.34. The highest BCUT2D eigenvalue weighted by molar-refractivity contribution is 5.84. The van der Waals surface area contributed by atoms with Gasteiger partial charge >= 0.3 is 0 Å². The second-order valence-corrected chi connectivity index (χ2v) is 6.71. The van der Waals surface area contributed by atoms with Crippen molar-refractivity contribution in [3.8, 4) is 17.0 Å². The minimum atomic E-state index is 0.361. The molecule has 1 N–H and O–H groups in total. The van der Waals surface area contributed by atoms with Gasteiger partial charge in [-0.05, 0) is 31.7 Å². The van der Waals surface area contributed by atoms with Gasteiger partial charge in [0.25, 0.3) is 0 Å². The maximum Gasteiger partial charge on any atom is 0.244 e. The number of nitrogens with one attached hydrogen (secondary N) is 1. The van der Waals surface area contributed by atoms with Gasteiger partial charge in [-0.1, -0.05) is 0 Å². The van der Waals surface area contributed by atoms with Gasteiger partial charge in [-0.3, -0.25) is 4.40 Å². The van der Waals surface area contributed by atoms with Crippen LogP contribution >= 0.6 is 0 Å². The van der Waals surface area contributed by atoms with E-state index in [9.17, 15) is 0 Å². The molecule has 4 aromatic heterocycles. The highest BCUT2D eigenvalue weighted by atomic mass is 16.5. The predicted molar refractivity (Wildman–Crippen MR) is 97.3 cm³/mol. The fourth-order valence-corrected chi connectivity index (χ4v) is 3.30. The largest absolute Gasteiger partial charge is 0.479 e. The zero-order chi connectivity index (χ0) is 17.7. The third-order valence-corrected chi connectivity index (χ3v) is 4.91. The van der Waals surface area contributed by atoms with Crippen molar-refractivity contribution in [2.75, 3.05) is 12.4 Å². The first-order valence-corrected chi connectivity index (χ1v) is 8.72. The number of rotatable bonds is 5. The molecule has 8 nitrogen and oxygen atoms in total. The molecule has 1 aliphatic rings. The molecule has 0 aromatic carbocycles. The van der Waals surface area contributed by atoms with E-state index in [4.69, 9.17) is 4.74 Å². The predicted octanol–water partition coefficient (Wildman–Crippen LogP) is 2.66. The van der Waals surface area contributed by atoms with Crippen molar-refractivity contribution in [2.45, 2.75) is 25.8 Å². The van der Waals surface area contributed by atoms with Crippen LogP contribution < -0.4 is 10.1 Å². The number of methoxy groups -OCH3 is 1. The molecule has 26 heavy (non-hydrogen) atoms. The normalized spacial score (nSPS) is 15.5. The van der Waals surface area contributed by atoms with Gasteiger partial charge in [0.05, 0.1) is 7.11 Å². The summed E-state index contributed by atoms with van der Waals surface area (Å²) in [5.41, 5.74) is 2.73. The molecule has 0 amide bonds. The van der Waals surface area contributed by atoms with Gasteiger partial charge in [-0.15, -0.1) is 5.10 Å². The Bertz CT molecular complexity index is 1100. The van der Waals surface area contributed by atoms with Gasteiger partial charge < -0.3 is 10.1 Å². The van der Waals surface area contributed by atoms with Crippen LogP contribution in [0.1, 0.15) is 19.8 Å². The number of nitrogens with zero attached hydrogens (tertiary/aromatic N) is 6. The molecule has 1 fully saturated rings. The van der Waals surface area contributed by atoms with E-state index in [1.807, 2.05) is 29.1 Å². The molecule has 1 saturated carbocycles. The summed E-state index contributed by atoms with van der Waals surface area (Å²) in [6, 6.07) is 2.36. The molecule has 4 heterocycles. The second kappa shape index (κ2) is 5.69. The average molecular weight is 349 g/mol. The second-order valence-electron chi connectivity index (χ2n) is 6.71. The lowest BCUT2D eigenvalue weighted by atomic mass is 10.1. The molecule has 4 aromatic rings. The maximum absolute atomic E-state index is 5.57. The smallest absolute Gasteiger partial charge is 0.244 e. The average Bonchev–Trinajstić information content (AvgIpc) is 3.26. The summed E-state index contributed by atoms with van der Waals surface area (Å²) in [6.07, 6.45) is 11.9. The molecule has 0 radical (unpaired) electrons. The number of hydrogen-bond donors (Lipinski definition) is 1. The molecule has 0 aliphatic heterocycles. The lowest BCUT2D eigenvalue weighted by Crippen LogP contribution is -2.20. The van der Waals surface area contributed by atoms with Crippen molar-refractivity contribution in [3.05, 3.63) is 37.1 Å². The van der Waals surface area contributed by atoms with Crippen LogP contribution in [0, 0.1) is 5.92 Å². The first kappa shape index (κ1) is 15.1. The van der Waals surface area contributed by atoms with Crippen molar-refractivity contribution in [3.63, 3.8) is 0 Å². The van der Waals surface area contributed by atoms with Crippen molar-refractivity contribution < 1.29 is 4.74 Å². The molecule has 5 rings (SSSR count). The van der Waals surface area contributed by atoms with Gasteiger partial charge in [0.2, 0.25) is 17.6 Å². The van der Waals surface area contributed by atoms with Crippen LogP contribution in [-0.2, 0) is 0 Å². The molecule has 0 saturated heterocycles. The van der Waals surface area contributed by atoms with Gasteiger partial charge in [0.1, 0.15) is 5.52 Å². The van der Waals surface area contributed by atoms with Gasteiger partial charge in [-0.25, -0.2) is 14.5 Å². The van der Waals surface area contributed by atoms with Crippen molar-refractivity contribution in [1.82, 2.24) is 29.0 Å². The zero-order valence-corrected chi connectivity index (χ0v) is 14.6. The van der Waals surface area contributed by atoms with E-state index in [2.05, 4.69) is 32.3 Å². The number of fused-ring (bicyclic) bond motifs is 2. The maximum atomic E-state index is 5.57. The molecule has 8 heteroatoms. The Labute approximate surface area is 149 Å². The third kappa shape index (κ3) is 2.45. The summed E-state index contributed by atoms with van der Waals surface area (Å²) in [5, 5.41) is 8.00. The van der Waals surface area contributed by atoms with Gasteiger partial charge in [-0.2, -0.15) is 4.98 Å². The van der Waals surface area contributed by atoms with E-state index in [0.29, 0.717) is 29.6 Å². The first-order valence-electron chi connectivity index (χ1n) is 8.72. The van der Waals surface area contributed by atoms with Crippen LogP contribution in [0.5, 0.6) is 5.88 Å². The summed E-state index contributed by atoms with van der Waals surface area (Å²) in [7, 11) is 1.63. The molecule has 0 unspecified atom stereocenters. The lowest BCUT2D eigenvalue weighted by molar-refractivity contribution is 0.399. The van der Waals surface area contributed by atoms with Crippen LogP contribution in [-0.4, -0.2) is 42.1 Å². The number of aromatic nitrogens is 6. The fraction of sp³-hybridized carbons (Fsp3) is 0.333. The SMILES string of the molecule is COc1nc(N[C@H](C)C2CC2)nn2ccc(-c3cnc4nccn4c3)c12. The molecular weight excluding hydrogens is 330 g/mol. The van der Waals surface area contributed by atoms with Crippen molar-refractivity contribution >= 4 is 17.2 Å². The molecule has 1 aliphatic carbocycles. The van der Waals surface area contributed by atoms with Crippen LogP contribution in [0.2, 0.25) is 0 Å². The van der Waals surface area contributed by atoms with E-state index < -0.39 is 0 Å². The molecular formula is C18H19N7O. The molecule has 0 spiro atoms. The Morgan fingerprint density at radius 2 is 2.15 bits per heavy atom. The highest BCUT2D eigenvalue weighted by Gasteiger charge is 2.28. The van der Waals surface area contributed by atoms with Crippen LogP contribution in [0.4, 0.5) is 5.95 Å². The van der Waals surface area contributed by atoms with E-state index in [1.54, 1.807) is 24.0 Å². The quantitative estimate of drug-likeness (QED) is 0.596. The Balaban J connectivity index is 1.60. The molecule has 1 atom stereocenters. The van der Waals surface area contributed by atoms with Crippen molar-refractivity contribution in [2.24, 2.45) is 5.92 Å². The van der Waals surface area contributed by atoms with Crippen LogP contribution in [0.25, 0.3) is 22.4 Å². The van der Waals surface area contributed by atoms with E-state index in [1.165, 1.54) is 12.8 Å². The Morgan fingerprint density at radius 3 is 2.96 bits per heavy atom. The topological polar surface area (TPSA) is 81.6 Å². The first-order chi connectivity index (χ1) is 12.7. The van der Waals surface area contributed by atoms with Crippen molar-refractivity contribution in [1.29, 1.82) is 0 Å². The Hall–Kier alpha value is -3.16. The van der Waals surface area contributed by atoms with Gasteiger partial charge in [0, 0.05) is 48.2 Å². The number of imidazole rings is 1. The monoisotopic (exact) mass is 349 g/mol. The fourth-order valence-electron chi connectivity index (χ4n) is 3.30. The summed E-state index contributed by atoms with van der Waals surface area (Å²) >= 11 is 0.